The first-order valence-electron chi connectivity index (χ1n) is 6.24. The third kappa shape index (κ3) is 2.13. The quantitative estimate of drug-likeness (QED) is 0.637. The van der Waals surface area contributed by atoms with Crippen molar-refractivity contribution in [2.75, 3.05) is 5.32 Å². The molecule has 0 saturated heterocycles. The molecular formula is C15H11F4N. The number of nitrogens with one attached hydrogen (secondary N) is 1. The van der Waals surface area contributed by atoms with E-state index < -0.39 is 17.5 Å². The minimum atomic E-state index is -1.25. The molecule has 0 heterocycles. The molecule has 5 heteroatoms. The lowest BCUT2D eigenvalue weighted by Gasteiger charge is -2.16. The molecule has 1 N–H and O–H groups in total. The number of hydrogen-bond acceptors (Lipinski definition) is 1. The van der Waals surface area contributed by atoms with Crippen LogP contribution in [0, 0.1) is 23.3 Å². The van der Waals surface area contributed by atoms with Gasteiger partial charge in [0.25, 0.3) is 0 Å². The molecule has 0 fully saturated rings. The Morgan fingerprint density at radius 1 is 1.00 bits per heavy atom. The van der Waals surface area contributed by atoms with Gasteiger partial charge in [-0.15, -0.1) is 0 Å². The Balaban J connectivity index is 1.94. The summed E-state index contributed by atoms with van der Waals surface area (Å²) in [5.41, 5.74) is 1.03. The summed E-state index contributed by atoms with van der Waals surface area (Å²) in [4.78, 5) is 0. The van der Waals surface area contributed by atoms with Gasteiger partial charge < -0.3 is 5.32 Å². The summed E-state index contributed by atoms with van der Waals surface area (Å²) < 4.78 is 53.5. The van der Waals surface area contributed by atoms with Crippen molar-refractivity contribution in [3.8, 4) is 0 Å². The molecule has 1 unspecified atom stereocenters. The summed E-state index contributed by atoms with van der Waals surface area (Å²) >= 11 is 0. The van der Waals surface area contributed by atoms with E-state index in [1.807, 2.05) is 0 Å². The zero-order valence-corrected chi connectivity index (χ0v) is 10.4. The van der Waals surface area contributed by atoms with Gasteiger partial charge in [0.15, 0.2) is 11.6 Å². The second-order valence-corrected chi connectivity index (χ2v) is 4.79. The summed E-state index contributed by atoms with van der Waals surface area (Å²) in [5.74, 6) is -3.54. The Hall–Kier alpha value is -2.04. The summed E-state index contributed by atoms with van der Waals surface area (Å²) in [6.45, 7) is 0. The van der Waals surface area contributed by atoms with E-state index in [0.717, 1.165) is 6.07 Å². The Morgan fingerprint density at radius 3 is 2.60 bits per heavy atom. The highest BCUT2D eigenvalue weighted by atomic mass is 19.2. The van der Waals surface area contributed by atoms with E-state index in [1.165, 1.54) is 6.07 Å². The van der Waals surface area contributed by atoms with Crippen LogP contribution in [0.5, 0.6) is 0 Å². The predicted octanol–water partition coefficient (Wildman–Crippen LogP) is 4.34. The fraction of sp³-hybridized carbons (Fsp3) is 0.200. The van der Waals surface area contributed by atoms with Gasteiger partial charge in [-0.05, 0) is 30.0 Å². The first-order valence-corrected chi connectivity index (χ1v) is 6.24. The summed E-state index contributed by atoms with van der Waals surface area (Å²) in [7, 11) is 0. The SMILES string of the molecule is Fc1cc(F)c(F)c(NC2CCc3c(F)cccc32)c1. The van der Waals surface area contributed by atoms with Crippen LogP contribution in [0.25, 0.3) is 0 Å². The number of benzene rings is 2. The molecule has 2 aromatic carbocycles. The van der Waals surface area contributed by atoms with Crippen LogP contribution in [0.4, 0.5) is 23.2 Å². The van der Waals surface area contributed by atoms with Gasteiger partial charge in [0, 0.05) is 12.1 Å². The number of halogens is 4. The molecule has 0 bridgehead atoms. The van der Waals surface area contributed by atoms with Gasteiger partial charge in [-0.3, -0.25) is 0 Å². The molecule has 2 aromatic rings. The van der Waals surface area contributed by atoms with Gasteiger partial charge in [-0.25, -0.2) is 17.6 Å². The van der Waals surface area contributed by atoms with E-state index >= 15 is 0 Å². The van der Waals surface area contributed by atoms with Crippen molar-refractivity contribution in [3.05, 3.63) is 64.7 Å². The molecule has 0 amide bonds. The van der Waals surface area contributed by atoms with Gasteiger partial charge in [-0.2, -0.15) is 0 Å². The minimum absolute atomic E-state index is 0.246. The second kappa shape index (κ2) is 4.81. The predicted molar refractivity (Wildman–Crippen MR) is 67.4 cm³/mol. The average molecular weight is 281 g/mol. The Labute approximate surface area is 113 Å². The fourth-order valence-corrected chi connectivity index (χ4v) is 2.61. The Morgan fingerprint density at radius 2 is 1.80 bits per heavy atom. The number of fused-ring (bicyclic) bond motifs is 1. The van der Waals surface area contributed by atoms with Crippen molar-refractivity contribution >= 4 is 5.69 Å². The molecule has 104 valence electrons. The maximum atomic E-state index is 13.6. The van der Waals surface area contributed by atoms with Crippen molar-refractivity contribution < 1.29 is 17.6 Å². The third-order valence-electron chi connectivity index (χ3n) is 3.54. The molecule has 3 rings (SSSR count). The third-order valence-corrected chi connectivity index (χ3v) is 3.54. The molecule has 0 radical (unpaired) electrons. The van der Waals surface area contributed by atoms with Crippen LogP contribution < -0.4 is 5.32 Å². The van der Waals surface area contributed by atoms with E-state index in [0.29, 0.717) is 30.0 Å². The highest BCUT2D eigenvalue weighted by Crippen LogP contribution is 2.36. The van der Waals surface area contributed by atoms with E-state index in [2.05, 4.69) is 5.32 Å². The lowest BCUT2D eigenvalue weighted by Crippen LogP contribution is -2.09. The molecule has 1 aliphatic rings. The van der Waals surface area contributed by atoms with Crippen molar-refractivity contribution in [2.24, 2.45) is 0 Å². The average Bonchev–Trinajstić information content (AvgIpc) is 2.80. The maximum absolute atomic E-state index is 13.6. The smallest absolute Gasteiger partial charge is 0.182 e. The largest absolute Gasteiger partial charge is 0.376 e. The van der Waals surface area contributed by atoms with Crippen LogP contribution >= 0.6 is 0 Å². The maximum Gasteiger partial charge on any atom is 0.182 e. The summed E-state index contributed by atoms with van der Waals surface area (Å²) in [5, 5.41) is 2.75. The van der Waals surface area contributed by atoms with E-state index in [-0.39, 0.29) is 17.5 Å². The number of anilines is 1. The van der Waals surface area contributed by atoms with Gasteiger partial charge in [0.1, 0.15) is 11.6 Å². The van der Waals surface area contributed by atoms with E-state index in [1.54, 1.807) is 12.1 Å². The van der Waals surface area contributed by atoms with Crippen molar-refractivity contribution in [1.29, 1.82) is 0 Å². The lowest BCUT2D eigenvalue weighted by atomic mass is 10.1. The van der Waals surface area contributed by atoms with Crippen LogP contribution in [0.2, 0.25) is 0 Å². The molecule has 1 atom stereocenters. The zero-order chi connectivity index (χ0) is 14.3. The number of hydrogen-bond donors (Lipinski definition) is 1. The molecule has 1 nitrogen and oxygen atoms in total. The Bertz CT molecular complexity index is 669. The van der Waals surface area contributed by atoms with Crippen LogP contribution in [-0.4, -0.2) is 0 Å². The van der Waals surface area contributed by atoms with Crippen LogP contribution in [0.1, 0.15) is 23.6 Å². The van der Waals surface area contributed by atoms with E-state index in [9.17, 15) is 17.6 Å². The van der Waals surface area contributed by atoms with Crippen LogP contribution in [0.3, 0.4) is 0 Å². The van der Waals surface area contributed by atoms with Crippen molar-refractivity contribution in [2.45, 2.75) is 18.9 Å². The van der Waals surface area contributed by atoms with Gasteiger partial charge in [0.05, 0.1) is 11.7 Å². The summed E-state index contributed by atoms with van der Waals surface area (Å²) in [6.07, 6.45) is 1.06. The molecule has 0 aromatic heterocycles. The Kier molecular flexibility index (Phi) is 3.12. The van der Waals surface area contributed by atoms with Crippen LogP contribution in [0.15, 0.2) is 30.3 Å². The molecular weight excluding hydrogens is 270 g/mol. The molecule has 0 saturated carbocycles. The highest BCUT2D eigenvalue weighted by Gasteiger charge is 2.26. The molecule has 0 aliphatic heterocycles. The minimum Gasteiger partial charge on any atom is -0.376 e. The van der Waals surface area contributed by atoms with Crippen LogP contribution in [-0.2, 0) is 6.42 Å². The standard InChI is InChI=1S/C15H11F4N/c16-8-6-12(18)15(19)14(7-8)20-13-5-4-9-10(13)2-1-3-11(9)17/h1-3,6-7,13,20H,4-5H2. The first-order chi connectivity index (χ1) is 9.56. The van der Waals surface area contributed by atoms with Gasteiger partial charge >= 0.3 is 0 Å². The molecule has 1 aliphatic carbocycles. The zero-order valence-electron chi connectivity index (χ0n) is 10.4. The number of rotatable bonds is 2. The van der Waals surface area contributed by atoms with Crippen molar-refractivity contribution in [3.63, 3.8) is 0 Å². The van der Waals surface area contributed by atoms with E-state index in [4.69, 9.17) is 0 Å². The van der Waals surface area contributed by atoms with Gasteiger partial charge in [-0.1, -0.05) is 12.1 Å². The highest BCUT2D eigenvalue weighted by molar-refractivity contribution is 5.50. The fourth-order valence-electron chi connectivity index (χ4n) is 2.61. The molecule has 20 heavy (non-hydrogen) atoms. The topological polar surface area (TPSA) is 12.0 Å². The van der Waals surface area contributed by atoms with Crippen molar-refractivity contribution in [1.82, 2.24) is 0 Å². The normalized spacial score (nSPS) is 17.1. The molecule has 0 spiro atoms. The monoisotopic (exact) mass is 281 g/mol. The van der Waals surface area contributed by atoms with Gasteiger partial charge in [0.2, 0.25) is 0 Å². The lowest BCUT2D eigenvalue weighted by molar-refractivity contribution is 0.496. The first kappa shape index (κ1) is 13.0. The second-order valence-electron chi connectivity index (χ2n) is 4.79. The summed E-state index contributed by atoms with van der Waals surface area (Å²) in [6, 6.07) is 5.70.